The molecule has 190 valence electrons. The Balaban J connectivity index is 1.38. The standard InChI is InChI=1S/C29H23ClN4O4/c1-38-18-6-4-5-17(13-18)34-26(35)24-23(11-15-14-31-21-8-3-2-7-19(15)21)33-29(25(24)27(34)36)20-12-16(30)9-10-22(20)32-28(29)37/h2-10,12-14,23-25,31,33H,11H2,1H3,(H,32,37)/t23-,24-,25+,29-/m1/s1. The number of methoxy groups -OCH3 is 1. The lowest BCUT2D eigenvalue weighted by Gasteiger charge is -2.29. The van der Waals surface area contributed by atoms with Gasteiger partial charge in [-0.15, -0.1) is 0 Å². The molecule has 7 rings (SSSR count). The number of carbonyl (C=O) groups excluding carboxylic acids is 3. The van der Waals surface area contributed by atoms with Gasteiger partial charge >= 0.3 is 0 Å². The molecule has 0 aliphatic carbocycles. The number of amides is 3. The van der Waals surface area contributed by atoms with Crippen molar-refractivity contribution in [2.24, 2.45) is 11.8 Å². The minimum absolute atomic E-state index is 0.342. The van der Waals surface area contributed by atoms with Gasteiger partial charge < -0.3 is 15.0 Å². The van der Waals surface area contributed by atoms with Crippen LogP contribution in [0.1, 0.15) is 11.1 Å². The van der Waals surface area contributed by atoms with Crippen LogP contribution in [0.5, 0.6) is 5.75 Å². The van der Waals surface area contributed by atoms with Gasteiger partial charge in [0.2, 0.25) is 17.7 Å². The number of rotatable bonds is 4. The molecule has 0 saturated carbocycles. The highest BCUT2D eigenvalue weighted by molar-refractivity contribution is 6.31. The SMILES string of the molecule is COc1cccc(N2C(=O)[C@H]3[C@@H](C2=O)[C@@]2(N[C@@H]3Cc3c[nH]c4ccccc34)C(=O)Nc3ccc(Cl)cc32)c1. The predicted octanol–water partition coefficient (Wildman–Crippen LogP) is 4.00. The van der Waals surface area contributed by atoms with E-state index in [0.717, 1.165) is 16.5 Å². The van der Waals surface area contributed by atoms with Gasteiger partial charge in [0.05, 0.1) is 24.6 Å². The van der Waals surface area contributed by atoms with Gasteiger partial charge in [-0.2, -0.15) is 0 Å². The molecule has 0 bridgehead atoms. The maximum Gasteiger partial charge on any atom is 0.250 e. The predicted molar refractivity (Wildman–Crippen MR) is 143 cm³/mol. The fourth-order valence-electron chi connectivity index (χ4n) is 6.49. The van der Waals surface area contributed by atoms with Gasteiger partial charge in [0.1, 0.15) is 11.3 Å². The topological polar surface area (TPSA) is 104 Å². The summed E-state index contributed by atoms with van der Waals surface area (Å²) >= 11 is 6.37. The molecule has 8 nitrogen and oxygen atoms in total. The summed E-state index contributed by atoms with van der Waals surface area (Å²) in [6.45, 7) is 0. The van der Waals surface area contributed by atoms with Crippen molar-refractivity contribution in [3.05, 3.63) is 89.1 Å². The third-order valence-electron chi connectivity index (χ3n) is 8.10. The van der Waals surface area contributed by atoms with E-state index in [-0.39, 0.29) is 11.8 Å². The highest BCUT2D eigenvalue weighted by Gasteiger charge is 2.70. The normalized spacial score (nSPS) is 25.8. The summed E-state index contributed by atoms with van der Waals surface area (Å²) in [4.78, 5) is 46.5. The van der Waals surface area contributed by atoms with E-state index in [0.29, 0.717) is 34.1 Å². The third kappa shape index (κ3) is 3.04. The number of ether oxygens (including phenoxy) is 1. The maximum absolute atomic E-state index is 14.2. The molecule has 1 spiro atoms. The quantitative estimate of drug-likeness (QED) is 0.349. The summed E-state index contributed by atoms with van der Waals surface area (Å²) < 4.78 is 5.34. The lowest BCUT2D eigenvalue weighted by atomic mass is 9.76. The highest BCUT2D eigenvalue weighted by Crippen LogP contribution is 2.54. The van der Waals surface area contributed by atoms with Crippen LogP contribution in [0.3, 0.4) is 0 Å². The van der Waals surface area contributed by atoms with Crippen LogP contribution in [-0.2, 0) is 26.3 Å². The van der Waals surface area contributed by atoms with Crippen molar-refractivity contribution in [2.75, 3.05) is 17.3 Å². The molecule has 4 atom stereocenters. The average molecular weight is 527 g/mol. The maximum atomic E-state index is 14.2. The van der Waals surface area contributed by atoms with E-state index < -0.39 is 29.3 Å². The molecule has 4 heterocycles. The lowest BCUT2D eigenvalue weighted by molar-refractivity contribution is -0.130. The van der Waals surface area contributed by atoms with E-state index in [1.807, 2.05) is 30.5 Å². The first-order chi connectivity index (χ1) is 18.4. The molecule has 9 heteroatoms. The van der Waals surface area contributed by atoms with E-state index in [9.17, 15) is 14.4 Å². The number of hydrogen-bond donors (Lipinski definition) is 3. The highest BCUT2D eigenvalue weighted by atomic mass is 35.5. The molecule has 0 radical (unpaired) electrons. The fourth-order valence-corrected chi connectivity index (χ4v) is 6.66. The second-order valence-corrected chi connectivity index (χ2v) is 10.4. The molecular weight excluding hydrogens is 504 g/mol. The lowest BCUT2D eigenvalue weighted by Crippen LogP contribution is -2.53. The number of nitrogens with zero attached hydrogens (tertiary/aromatic N) is 1. The van der Waals surface area contributed by atoms with Crippen LogP contribution in [0.4, 0.5) is 11.4 Å². The first-order valence-electron chi connectivity index (χ1n) is 12.4. The van der Waals surface area contributed by atoms with Crippen LogP contribution in [0.15, 0.2) is 72.9 Å². The summed E-state index contributed by atoms with van der Waals surface area (Å²) in [5.74, 6) is -2.32. The van der Waals surface area contributed by atoms with E-state index in [1.165, 1.54) is 12.0 Å². The summed E-state index contributed by atoms with van der Waals surface area (Å²) in [7, 11) is 1.53. The molecule has 1 aromatic heterocycles. The number of hydrogen-bond acceptors (Lipinski definition) is 5. The Kier molecular flexibility index (Phi) is 4.95. The molecule has 0 unspecified atom stereocenters. The van der Waals surface area contributed by atoms with Gasteiger partial charge in [-0.3, -0.25) is 19.7 Å². The molecule has 3 amide bonds. The Hall–Kier alpha value is -4.14. The molecule has 2 saturated heterocycles. The first-order valence-corrected chi connectivity index (χ1v) is 12.8. The van der Waals surface area contributed by atoms with E-state index >= 15 is 0 Å². The van der Waals surface area contributed by atoms with E-state index in [4.69, 9.17) is 16.3 Å². The molecular formula is C29H23ClN4O4. The van der Waals surface area contributed by atoms with Crippen LogP contribution in [-0.4, -0.2) is 35.9 Å². The van der Waals surface area contributed by atoms with Gasteiger partial charge in [0, 0.05) is 45.5 Å². The van der Waals surface area contributed by atoms with E-state index in [2.05, 4.69) is 15.6 Å². The third-order valence-corrected chi connectivity index (χ3v) is 8.34. The van der Waals surface area contributed by atoms with Gasteiger partial charge in [0.15, 0.2) is 0 Å². The molecule has 3 aromatic carbocycles. The Morgan fingerprint density at radius 3 is 2.68 bits per heavy atom. The van der Waals surface area contributed by atoms with Crippen LogP contribution >= 0.6 is 11.6 Å². The van der Waals surface area contributed by atoms with Crippen molar-refractivity contribution in [1.82, 2.24) is 10.3 Å². The number of fused-ring (bicyclic) bond motifs is 5. The molecule has 3 N–H and O–H groups in total. The Morgan fingerprint density at radius 1 is 1.00 bits per heavy atom. The monoisotopic (exact) mass is 526 g/mol. The van der Waals surface area contributed by atoms with Crippen molar-refractivity contribution in [3.8, 4) is 5.75 Å². The number of para-hydroxylation sites is 1. The smallest absolute Gasteiger partial charge is 0.250 e. The second-order valence-electron chi connectivity index (χ2n) is 9.98. The Bertz CT molecular complexity index is 1670. The zero-order valence-corrected chi connectivity index (χ0v) is 21.1. The average Bonchev–Trinajstić information content (AvgIpc) is 3.63. The molecule has 3 aliphatic heterocycles. The number of carbonyl (C=O) groups is 3. The van der Waals surface area contributed by atoms with Crippen molar-refractivity contribution in [3.63, 3.8) is 0 Å². The number of anilines is 2. The Labute approximate surface area is 222 Å². The van der Waals surface area contributed by atoms with Crippen molar-refractivity contribution >= 4 is 51.6 Å². The summed E-state index contributed by atoms with van der Waals surface area (Å²) in [5, 5.41) is 7.88. The number of halogens is 1. The summed E-state index contributed by atoms with van der Waals surface area (Å²) in [5.41, 5.74) is 2.13. The number of H-pyrrole nitrogens is 1. The molecule has 2 fully saturated rings. The molecule has 38 heavy (non-hydrogen) atoms. The Morgan fingerprint density at radius 2 is 1.84 bits per heavy atom. The van der Waals surface area contributed by atoms with Crippen LogP contribution < -0.4 is 20.3 Å². The van der Waals surface area contributed by atoms with Crippen LogP contribution in [0.25, 0.3) is 10.9 Å². The van der Waals surface area contributed by atoms with Crippen molar-refractivity contribution in [2.45, 2.75) is 18.0 Å². The number of nitrogens with one attached hydrogen (secondary N) is 3. The van der Waals surface area contributed by atoms with Crippen LogP contribution in [0.2, 0.25) is 5.02 Å². The van der Waals surface area contributed by atoms with Crippen molar-refractivity contribution in [1.29, 1.82) is 0 Å². The van der Waals surface area contributed by atoms with Gasteiger partial charge in [0.25, 0.3) is 0 Å². The second kappa shape index (κ2) is 8.18. The number of benzene rings is 3. The van der Waals surface area contributed by atoms with Crippen LogP contribution in [0, 0.1) is 11.8 Å². The summed E-state index contributed by atoms with van der Waals surface area (Å²) in [6, 6.07) is 19.4. The van der Waals surface area contributed by atoms with E-state index in [1.54, 1.807) is 42.5 Å². The largest absolute Gasteiger partial charge is 0.497 e. The minimum Gasteiger partial charge on any atom is -0.497 e. The zero-order chi connectivity index (χ0) is 26.2. The van der Waals surface area contributed by atoms with Gasteiger partial charge in [-0.25, -0.2) is 4.90 Å². The van der Waals surface area contributed by atoms with Crippen molar-refractivity contribution < 1.29 is 19.1 Å². The number of imide groups is 1. The zero-order valence-electron chi connectivity index (χ0n) is 20.3. The fraction of sp³-hybridized carbons (Fsp3) is 0.207. The molecule has 4 aromatic rings. The van der Waals surface area contributed by atoms with Gasteiger partial charge in [-0.05, 0) is 48.4 Å². The number of aromatic amines is 1. The van der Waals surface area contributed by atoms with Gasteiger partial charge in [-0.1, -0.05) is 35.9 Å². The number of aromatic nitrogens is 1. The molecule has 3 aliphatic rings. The first kappa shape index (κ1) is 23.0. The minimum atomic E-state index is -1.43. The summed E-state index contributed by atoms with van der Waals surface area (Å²) in [6.07, 6.45) is 2.37.